The molecule has 1 aliphatic heterocycles. The van der Waals surface area contributed by atoms with Gasteiger partial charge in [-0.2, -0.15) is 0 Å². The van der Waals surface area contributed by atoms with Gasteiger partial charge in [-0.15, -0.1) is 0 Å². The zero-order valence-electron chi connectivity index (χ0n) is 12.0. The van der Waals surface area contributed by atoms with E-state index in [2.05, 4.69) is 16.8 Å². The van der Waals surface area contributed by atoms with E-state index in [9.17, 15) is 0 Å². The molecule has 0 aromatic carbocycles. The molecule has 5 nitrogen and oxygen atoms in total. The summed E-state index contributed by atoms with van der Waals surface area (Å²) in [4.78, 5) is 6.88. The largest absolute Gasteiger partial charge is 0.496 e. The Morgan fingerprint density at radius 1 is 1.53 bits per heavy atom. The Balaban J connectivity index is 2.10. The quantitative estimate of drug-likeness (QED) is 0.875. The molecular formula is C14H23N3O2. The van der Waals surface area contributed by atoms with Crippen LogP contribution in [0.3, 0.4) is 0 Å². The number of methoxy groups -OCH3 is 1. The van der Waals surface area contributed by atoms with Gasteiger partial charge in [0.05, 0.1) is 25.5 Å². The highest BCUT2D eigenvalue weighted by Crippen LogP contribution is 2.25. The number of nitrogens with zero attached hydrogens (tertiary/aromatic N) is 2. The van der Waals surface area contributed by atoms with E-state index in [1.807, 2.05) is 13.1 Å². The van der Waals surface area contributed by atoms with Gasteiger partial charge in [0.1, 0.15) is 5.75 Å². The Bertz CT molecular complexity index is 437. The van der Waals surface area contributed by atoms with Gasteiger partial charge in [-0.3, -0.25) is 9.88 Å². The van der Waals surface area contributed by atoms with Crippen LogP contribution < -0.4 is 10.5 Å². The van der Waals surface area contributed by atoms with E-state index in [1.165, 1.54) is 0 Å². The van der Waals surface area contributed by atoms with Gasteiger partial charge < -0.3 is 15.2 Å². The van der Waals surface area contributed by atoms with Gasteiger partial charge in [-0.1, -0.05) is 0 Å². The molecule has 0 aliphatic carbocycles. The summed E-state index contributed by atoms with van der Waals surface area (Å²) in [7, 11) is 1.71. The van der Waals surface area contributed by atoms with Gasteiger partial charge in [-0.25, -0.2) is 0 Å². The minimum absolute atomic E-state index is 0.140. The van der Waals surface area contributed by atoms with Crippen molar-refractivity contribution in [3.8, 4) is 5.75 Å². The van der Waals surface area contributed by atoms with Crippen molar-refractivity contribution in [3.05, 3.63) is 23.0 Å². The topological polar surface area (TPSA) is 60.6 Å². The molecule has 0 bridgehead atoms. The van der Waals surface area contributed by atoms with Crippen LogP contribution in [0.15, 0.2) is 6.20 Å². The predicted molar refractivity (Wildman–Crippen MR) is 74.3 cm³/mol. The van der Waals surface area contributed by atoms with Crippen LogP contribution in [0, 0.1) is 13.8 Å². The SMILES string of the molecule is COc1c(C)cnc(CN2CCOC(CN)C2)c1C. The Morgan fingerprint density at radius 2 is 2.32 bits per heavy atom. The first-order valence-corrected chi connectivity index (χ1v) is 6.68. The molecule has 1 fully saturated rings. The molecule has 0 saturated carbocycles. The smallest absolute Gasteiger partial charge is 0.128 e. The maximum absolute atomic E-state index is 5.67. The lowest BCUT2D eigenvalue weighted by molar-refractivity contribution is -0.0264. The van der Waals surface area contributed by atoms with Crippen molar-refractivity contribution in [2.75, 3.05) is 33.4 Å². The van der Waals surface area contributed by atoms with E-state index in [-0.39, 0.29) is 6.10 Å². The Hall–Kier alpha value is -1.17. The molecule has 5 heteroatoms. The van der Waals surface area contributed by atoms with E-state index in [0.717, 1.165) is 48.8 Å². The summed E-state index contributed by atoms with van der Waals surface area (Å²) in [5.74, 6) is 0.939. The molecular weight excluding hydrogens is 242 g/mol. The van der Waals surface area contributed by atoms with Crippen molar-refractivity contribution >= 4 is 0 Å². The van der Waals surface area contributed by atoms with Crippen molar-refractivity contribution in [2.45, 2.75) is 26.5 Å². The van der Waals surface area contributed by atoms with Crippen molar-refractivity contribution in [3.63, 3.8) is 0 Å². The normalized spacial score (nSPS) is 20.5. The first-order valence-electron chi connectivity index (χ1n) is 6.68. The molecule has 106 valence electrons. The molecule has 1 aromatic heterocycles. The average Bonchev–Trinajstić information content (AvgIpc) is 2.43. The number of pyridine rings is 1. The van der Waals surface area contributed by atoms with Gasteiger partial charge in [0.15, 0.2) is 0 Å². The van der Waals surface area contributed by atoms with Crippen LogP contribution in [0.25, 0.3) is 0 Å². The fourth-order valence-corrected chi connectivity index (χ4v) is 2.51. The van der Waals surface area contributed by atoms with Crippen LogP contribution in [0.4, 0.5) is 0 Å². The third-order valence-corrected chi connectivity index (χ3v) is 3.61. The minimum atomic E-state index is 0.140. The molecule has 2 rings (SSSR count). The van der Waals surface area contributed by atoms with Crippen LogP contribution in [0.5, 0.6) is 5.75 Å². The summed E-state index contributed by atoms with van der Waals surface area (Å²) in [6.45, 7) is 8.00. The van der Waals surface area contributed by atoms with E-state index in [1.54, 1.807) is 7.11 Å². The van der Waals surface area contributed by atoms with Gasteiger partial charge >= 0.3 is 0 Å². The highest BCUT2D eigenvalue weighted by atomic mass is 16.5. The minimum Gasteiger partial charge on any atom is -0.496 e. The maximum Gasteiger partial charge on any atom is 0.128 e. The molecule has 19 heavy (non-hydrogen) atoms. The summed E-state index contributed by atoms with van der Waals surface area (Å²) >= 11 is 0. The lowest BCUT2D eigenvalue weighted by Gasteiger charge is -2.32. The van der Waals surface area contributed by atoms with Gasteiger partial charge in [0.25, 0.3) is 0 Å². The third kappa shape index (κ3) is 3.23. The molecule has 1 atom stereocenters. The summed E-state index contributed by atoms with van der Waals surface area (Å²) in [5, 5.41) is 0. The predicted octanol–water partition coefficient (Wildman–Crippen LogP) is 0.867. The Labute approximate surface area is 114 Å². The number of rotatable bonds is 4. The third-order valence-electron chi connectivity index (χ3n) is 3.61. The lowest BCUT2D eigenvalue weighted by Crippen LogP contribution is -2.45. The second kappa shape index (κ2) is 6.32. The number of ether oxygens (including phenoxy) is 2. The zero-order valence-corrected chi connectivity index (χ0v) is 12.0. The van der Waals surface area contributed by atoms with Crippen LogP contribution in [0.1, 0.15) is 16.8 Å². The first-order chi connectivity index (χ1) is 9.15. The first kappa shape index (κ1) is 14.2. The summed E-state index contributed by atoms with van der Waals surface area (Å²) in [5.41, 5.74) is 8.93. The molecule has 0 amide bonds. The van der Waals surface area contributed by atoms with Crippen LogP contribution >= 0.6 is 0 Å². The maximum atomic E-state index is 5.67. The summed E-state index contributed by atoms with van der Waals surface area (Å²) in [6, 6.07) is 0. The van der Waals surface area contributed by atoms with E-state index in [4.69, 9.17) is 15.2 Å². The molecule has 1 unspecified atom stereocenters. The Kier molecular flexibility index (Phi) is 4.74. The molecule has 1 aliphatic rings. The second-order valence-electron chi connectivity index (χ2n) is 5.01. The van der Waals surface area contributed by atoms with Crippen molar-refractivity contribution < 1.29 is 9.47 Å². The number of hydrogen-bond donors (Lipinski definition) is 1. The molecule has 2 N–H and O–H groups in total. The molecule has 2 heterocycles. The van der Waals surface area contributed by atoms with Crippen molar-refractivity contribution in [2.24, 2.45) is 5.73 Å². The number of hydrogen-bond acceptors (Lipinski definition) is 5. The zero-order chi connectivity index (χ0) is 13.8. The van der Waals surface area contributed by atoms with Crippen LogP contribution in [0.2, 0.25) is 0 Å². The van der Waals surface area contributed by atoms with E-state index < -0.39 is 0 Å². The average molecular weight is 265 g/mol. The standard InChI is InChI=1S/C14H23N3O2/c1-10-7-16-13(11(2)14(10)18-3)9-17-4-5-19-12(6-15)8-17/h7,12H,4-6,8-9,15H2,1-3H3. The second-order valence-corrected chi connectivity index (χ2v) is 5.01. The molecule has 1 saturated heterocycles. The van der Waals surface area contributed by atoms with Gasteiger partial charge in [0, 0.05) is 43.5 Å². The number of morpholine rings is 1. The highest BCUT2D eigenvalue weighted by molar-refractivity contribution is 5.41. The van der Waals surface area contributed by atoms with Gasteiger partial charge in [0.2, 0.25) is 0 Å². The van der Waals surface area contributed by atoms with Crippen LogP contribution in [-0.4, -0.2) is 49.3 Å². The van der Waals surface area contributed by atoms with Crippen LogP contribution in [-0.2, 0) is 11.3 Å². The fourth-order valence-electron chi connectivity index (χ4n) is 2.51. The van der Waals surface area contributed by atoms with E-state index >= 15 is 0 Å². The number of aryl methyl sites for hydroxylation is 1. The van der Waals surface area contributed by atoms with E-state index in [0.29, 0.717) is 6.54 Å². The Morgan fingerprint density at radius 3 is 3.00 bits per heavy atom. The number of nitrogens with two attached hydrogens (primary N) is 1. The molecule has 0 spiro atoms. The fraction of sp³-hybridized carbons (Fsp3) is 0.643. The van der Waals surface area contributed by atoms with Gasteiger partial charge in [-0.05, 0) is 13.8 Å². The van der Waals surface area contributed by atoms with Crippen molar-refractivity contribution in [1.29, 1.82) is 0 Å². The lowest BCUT2D eigenvalue weighted by atomic mass is 10.1. The highest BCUT2D eigenvalue weighted by Gasteiger charge is 2.21. The summed E-state index contributed by atoms with van der Waals surface area (Å²) < 4.78 is 11.0. The summed E-state index contributed by atoms with van der Waals surface area (Å²) in [6.07, 6.45) is 2.02. The molecule has 0 radical (unpaired) electrons. The van der Waals surface area contributed by atoms with Crippen molar-refractivity contribution in [1.82, 2.24) is 9.88 Å². The molecule has 1 aromatic rings. The number of aromatic nitrogens is 1. The monoisotopic (exact) mass is 265 g/mol.